The van der Waals surface area contributed by atoms with Crippen LogP contribution in [-0.2, 0) is 0 Å². The largest absolute Gasteiger partial charge is 0.418 e. The number of hydrogen-bond acceptors (Lipinski definition) is 1. The molecule has 2 nitrogen and oxygen atoms in total. The molecule has 0 saturated heterocycles. The number of H-pyrrole nitrogens is 1. The van der Waals surface area contributed by atoms with Crippen LogP contribution in [0.4, 0.5) is 13.2 Å². The van der Waals surface area contributed by atoms with Crippen molar-refractivity contribution in [3.05, 3.63) is 36.0 Å². The molecule has 0 aliphatic carbocycles. The first-order chi connectivity index (χ1) is 7.00. The Labute approximate surface area is 83.3 Å². The Morgan fingerprint density at radius 1 is 1.20 bits per heavy atom. The lowest BCUT2D eigenvalue weighted by atomic mass is 10.1. The maximum absolute atomic E-state index is 12.3. The molecule has 15 heavy (non-hydrogen) atoms. The van der Waals surface area contributed by atoms with E-state index in [1.807, 2.05) is 0 Å². The van der Waals surface area contributed by atoms with Crippen molar-refractivity contribution in [2.75, 3.05) is 0 Å². The maximum Gasteiger partial charge on any atom is 0.418 e. The van der Waals surface area contributed by atoms with E-state index < -0.39 is 12.3 Å². The minimum atomic E-state index is -4.63. The topological polar surface area (TPSA) is 36.0 Å². The molecule has 1 aromatic heterocycles. The number of aliphatic hydroxyl groups excluding tert-OH is 1. The molecular weight excluding hydrogens is 207 g/mol. The zero-order chi connectivity index (χ0) is 11.1. The number of fused-ring (bicyclic) bond motifs is 1. The Bertz CT molecular complexity index is 475. The Kier molecular flexibility index (Phi) is 2.19. The second-order valence-electron chi connectivity index (χ2n) is 3.23. The lowest BCUT2D eigenvalue weighted by Crippen LogP contribution is -2.19. The number of nitrogens with one attached hydrogen (secondary N) is 1. The highest BCUT2D eigenvalue weighted by Gasteiger charge is 2.40. The molecule has 1 atom stereocenters. The van der Waals surface area contributed by atoms with Crippen LogP contribution >= 0.6 is 0 Å². The number of aromatic nitrogens is 1. The molecule has 0 amide bonds. The van der Waals surface area contributed by atoms with Gasteiger partial charge in [-0.1, -0.05) is 18.2 Å². The number of halogens is 3. The summed E-state index contributed by atoms with van der Waals surface area (Å²) in [6.45, 7) is 0. The zero-order valence-electron chi connectivity index (χ0n) is 7.55. The zero-order valence-corrected chi connectivity index (χ0v) is 7.55. The van der Waals surface area contributed by atoms with Crippen molar-refractivity contribution in [3.8, 4) is 0 Å². The van der Waals surface area contributed by atoms with Gasteiger partial charge in [-0.25, -0.2) is 0 Å². The Balaban J connectivity index is 2.53. The number of benzene rings is 1. The molecule has 0 saturated carbocycles. The van der Waals surface area contributed by atoms with Crippen LogP contribution < -0.4 is 0 Å². The fraction of sp³-hybridized carbons (Fsp3) is 0.200. The smallest absolute Gasteiger partial charge is 0.379 e. The molecule has 0 spiro atoms. The third kappa shape index (κ3) is 1.70. The summed E-state index contributed by atoms with van der Waals surface area (Å²) < 4.78 is 36.8. The summed E-state index contributed by atoms with van der Waals surface area (Å²) in [4.78, 5) is 2.68. The molecule has 1 heterocycles. The van der Waals surface area contributed by atoms with Gasteiger partial charge in [0.25, 0.3) is 0 Å². The van der Waals surface area contributed by atoms with Crippen LogP contribution in [0, 0.1) is 0 Å². The summed E-state index contributed by atoms with van der Waals surface area (Å²) in [5, 5.41) is 9.49. The summed E-state index contributed by atoms with van der Waals surface area (Å²) in [5.74, 6) is 0. The summed E-state index contributed by atoms with van der Waals surface area (Å²) in [6.07, 6.45) is -5.89. The number of aromatic amines is 1. The van der Waals surface area contributed by atoms with Crippen LogP contribution in [0.1, 0.15) is 11.7 Å². The Morgan fingerprint density at radius 3 is 2.53 bits per heavy atom. The summed E-state index contributed by atoms with van der Waals surface area (Å²) in [7, 11) is 0. The fourth-order valence-corrected chi connectivity index (χ4v) is 1.50. The fourth-order valence-electron chi connectivity index (χ4n) is 1.50. The average Bonchev–Trinajstić information content (AvgIpc) is 2.58. The first-order valence-electron chi connectivity index (χ1n) is 4.31. The van der Waals surface area contributed by atoms with E-state index in [4.69, 9.17) is 5.11 Å². The van der Waals surface area contributed by atoms with Crippen molar-refractivity contribution in [2.45, 2.75) is 12.3 Å². The molecule has 1 aromatic carbocycles. The molecule has 0 bridgehead atoms. The van der Waals surface area contributed by atoms with Crippen molar-refractivity contribution in [2.24, 2.45) is 0 Å². The normalized spacial score (nSPS) is 14.4. The third-order valence-electron chi connectivity index (χ3n) is 2.23. The lowest BCUT2D eigenvalue weighted by Gasteiger charge is -2.13. The third-order valence-corrected chi connectivity index (χ3v) is 2.23. The molecule has 2 N–H and O–H groups in total. The van der Waals surface area contributed by atoms with E-state index >= 15 is 0 Å². The van der Waals surface area contributed by atoms with Gasteiger partial charge < -0.3 is 10.1 Å². The van der Waals surface area contributed by atoms with Gasteiger partial charge in [-0.05, 0) is 6.07 Å². The second kappa shape index (κ2) is 3.27. The maximum atomic E-state index is 12.3. The van der Waals surface area contributed by atoms with Crippen LogP contribution in [0.5, 0.6) is 0 Å². The molecule has 80 valence electrons. The average molecular weight is 215 g/mol. The Hall–Kier alpha value is -1.49. The molecule has 0 aliphatic rings. The van der Waals surface area contributed by atoms with Gasteiger partial charge in [0, 0.05) is 22.7 Å². The molecule has 5 heteroatoms. The number of hydrogen-bond donors (Lipinski definition) is 2. The van der Waals surface area contributed by atoms with E-state index in [2.05, 4.69) is 4.98 Å². The summed E-state index contributed by atoms with van der Waals surface area (Å²) in [6, 6.07) is 6.53. The molecule has 1 unspecified atom stereocenters. The standard InChI is InChI=1S/C10H8F3NO/c11-10(12,13)9(15)7-5-14-8-4-2-1-3-6(7)8/h1-5,9,14-15H. The van der Waals surface area contributed by atoms with Crippen LogP contribution in [0.15, 0.2) is 30.5 Å². The van der Waals surface area contributed by atoms with Gasteiger partial charge in [0.15, 0.2) is 6.10 Å². The van der Waals surface area contributed by atoms with Crippen LogP contribution in [0.25, 0.3) is 10.9 Å². The van der Waals surface area contributed by atoms with Crippen LogP contribution in [-0.4, -0.2) is 16.3 Å². The summed E-state index contributed by atoms with van der Waals surface area (Å²) in [5.41, 5.74) is 0.439. The minimum absolute atomic E-state index is 0.141. The predicted molar refractivity (Wildman–Crippen MR) is 49.3 cm³/mol. The lowest BCUT2D eigenvalue weighted by molar-refractivity contribution is -0.206. The number of rotatable bonds is 1. The van der Waals surface area contributed by atoms with Crippen LogP contribution in [0.2, 0.25) is 0 Å². The van der Waals surface area contributed by atoms with E-state index in [1.54, 1.807) is 18.2 Å². The monoisotopic (exact) mass is 215 g/mol. The number of alkyl halides is 3. The quantitative estimate of drug-likeness (QED) is 0.753. The van der Waals surface area contributed by atoms with Crippen molar-refractivity contribution in [1.82, 2.24) is 4.98 Å². The predicted octanol–water partition coefficient (Wildman–Crippen LogP) is 2.76. The SMILES string of the molecule is OC(c1c[nH]c2ccccc12)C(F)(F)F. The van der Waals surface area contributed by atoms with Gasteiger partial charge >= 0.3 is 6.18 Å². The van der Waals surface area contributed by atoms with Crippen molar-refractivity contribution < 1.29 is 18.3 Å². The highest BCUT2D eigenvalue weighted by Crippen LogP contribution is 2.35. The Morgan fingerprint density at radius 2 is 1.87 bits per heavy atom. The van der Waals surface area contributed by atoms with Crippen LogP contribution in [0.3, 0.4) is 0 Å². The van der Waals surface area contributed by atoms with Crippen molar-refractivity contribution in [1.29, 1.82) is 0 Å². The van der Waals surface area contributed by atoms with Gasteiger partial charge in [-0.2, -0.15) is 13.2 Å². The van der Waals surface area contributed by atoms with E-state index in [0.29, 0.717) is 10.9 Å². The van der Waals surface area contributed by atoms with Gasteiger partial charge in [-0.15, -0.1) is 0 Å². The van der Waals surface area contributed by atoms with E-state index in [9.17, 15) is 13.2 Å². The first-order valence-corrected chi connectivity index (χ1v) is 4.31. The highest BCUT2D eigenvalue weighted by molar-refractivity contribution is 5.83. The van der Waals surface area contributed by atoms with E-state index in [1.165, 1.54) is 12.3 Å². The van der Waals surface area contributed by atoms with E-state index in [-0.39, 0.29) is 5.56 Å². The van der Waals surface area contributed by atoms with E-state index in [0.717, 1.165) is 0 Å². The molecule has 0 radical (unpaired) electrons. The molecule has 2 aromatic rings. The van der Waals surface area contributed by atoms with Gasteiger partial charge in [0.05, 0.1) is 0 Å². The minimum Gasteiger partial charge on any atom is -0.379 e. The number of para-hydroxylation sites is 1. The van der Waals surface area contributed by atoms with Gasteiger partial charge in [-0.3, -0.25) is 0 Å². The molecule has 2 rings (SSSR count). The summed E-state index contributed by atoms with van der Waals surface area (Å²) >= 11 is 0. The second-order valence-corrected chi connectivity index (χ2v) is 3.23. The van der Waals surface area contributed by atoms with Crippen molar-refractivity contribution >= 4 is 10.9 Å². The molecular formula is C10H8F3NO. The van der Waals surface area contributed by atoms with Crippen molar-refractivity contribution in [3.63, 3.8) is 0 Å². The first kappa shape index (κ1) is 10.0. The highest BCUT2D eigenvalue weighted by atomic mass is 19.4. The van der Waals surface area contributed by atoms with Gasteiger partial charge in [0.2, 0.25) is 0 Å². The number of aliphatic hydroxyl groups is 1. The molecule has 0 aliphatic heterocycles. The molecule has 0 fully saturated rings. The van der Waals surface area contributed by atoms with Gasteiger partial charge in [0.1, 0.15) is 0 Å².